The number of hydrogen-bond donors (Lipinski definition) is 2. The molecule has 1 saturated heterocycles. The lowest BCUT2D eigenvalue weighted by molar-refractivity contribution is 0.123. The highest BCUT2D eigenvalue weighted by atomic mass is 32.2. The van der Waals surface area contributed by atoms with E-state index in [2.05, 4.69) is 27.5 Å². The van der Waals surface area contributed by atoms with Gasteiger partial charge in [0, 0.05) is 18.8 Å². The second-order valence-corrected chi connectivity index (χ2v) is 5.49. The molecule has 2 rings (SSSR count). The predicted molar refractivity (Wildman–Crippen MR) is 88.0 cm³/mol. The molecular weight excluding hydrogens is 272 g/mol. The molecule has 0 radical (unpaired) electrons. The predicted octanol–water partition coefficient (Wildman–Crippen LogP) is 1.61. The van der Waals surface area contributed by atoms with Crippen molar-refractivity contribution in [3.8, 4) is 0 Å². The van der Waals surface area contributed by atoms with Gasteiger partial charge in [0.15, 0.2) is 5.96 Å². The monoisotopic (exact) mass is 294 g/mol. The van der Waals surface area contributed by atoms with Crippen molar-refractivity contribution in [1.29, 1.82) is 0 Å². The third kappa shape index (κ3) is 4.31. The Morgan fingerprint density at radius 3 is 2.90 bits per heavy atom. The van der Waals surface area contributed by atoms with Crippen LogP contribution in [0.4, 0.5) is 11.4 Å². The van der Waals surface area contributed by atoms with Gasteiger partial charge in [-0.15, -0.1) is 0 Å². The molecule has 0 atom stereocenters. The molecule has 1 aliphatic rings. The Kier molecular flexibility index (Phi) is 6.01. The van der Waals surface area contributed by atoms with E-state index in [0.29, 0.717) is 5.96 Å². The molecule has 1 aromatic carbocycles. The zero-order chi connectivity index (χ0) is 14.2. The number of nitrogens with two attached hydrogens (primary N) is 1. The van der Waals surface area contributed by atoms with Crippen LogP contribution in [0.5, 0.6) is 0 Å². The summed E-state index contributed by atoms with van der Waals surface area (Å²) in [7, 11) is 0. The van der Waals surface area contributed by atoms with Gasteiger partial charge in [-0.1, -0.05) is 12.1 Å². The number of morpholine rings is 1. The molecule has 1 fully saturated rings. The molecule has 0 unspecified atom stereocenters. The first-order chi connectivity index (χ1) is 9.81. The topological polar surface area (TPSA) is 62.9 Å². The van der Waals surface area contributed by atoms with Crippen molar-refractivity contribution in [3.05, 3.63) is 24.3 Å². The summed E-state index contributed by atoms with van der Waals surface area (Å²) in [6.45, 7) is 4.08. The number of rotatable bonds is 5. The molecular formula is C14H22N4OS. The van der Waals surface area contributed by atoms with E-state index in [4.69, 9.17) is 10.5 Å². The highest BCUT2D eigenvalue weighted by Crippen LogP contribution is 2.26. The van der Waals surface area contributed by atoms with E-state index in [-0.39, 0.29) is 0 Å². The Bertz CT molecular complexity index is 447. The number of nitrogens with zero attached hydrogens (tertiary/aromatic N) is 2. The summed E-state index contributed by atoms with van der Waals surface area (Å²) < 4.78 is 5.39. The number of para-hydroxylation sites is 2. The van der Waals surface area contributed by atoms with Crippen LogP contribution in [-0.2, 0) is 4.74 Å². The summed E-state index contributed by atoms with van der Waals surface area (Å²) in [5.41, 5.74) is 8.08. The molecule has 0 aliphatic carbocycles. The average molecular weight is 294 g/mol. The molecule has 1 aliphatic heterocycles. The Morgan fingerprint density at radius 2 is 2.15 bits per heavy atom. The van der Waals surface area contributed by atoms with E-state index in [9.17, 15) is 0 Å². The lowest BCUT2D eigenvalue weighted by Gasteiger charge is -2.30. The molecule has 0 amide bonds. The molecule has 6 heteroatoms. The fourth-order valence-corrected chi connectivity index (χ4v) is 2.37. The molecule has 20 heavy (non-hydrogen) atoms. The van der Waals surface area contributed by atoms with Crippen molar-refractivity contribution in [2.45, 2.75) is 0 Å². The van der Waals surface area contributed by atoms with Gasteiger partial charge in [-0.2, -0.15) is 11.8 Å². The molecule has 110 valence electrons. The van der Waals surface area contributed by atoms with Gasteiger partial charge in [-0.3, -0.25) is 4.99 Å². The van der Waals surface area contributed by atoms with Crippen LogP contribution in [0, 0.1) is 0 Å². The highest BCUT2D eigenvalue weighted by Gasteiger charge is 2.14. The van der Waals surface area contributed by atoms with Crippen molar-refractivity contribution in [2.24, 2.45) is 10.7 Å². The zero-order valence-corrected chi connectivity index (χ0v) is 12.7. The molecule has 0 saturated carbocycles. The van der Waals surface area contributed by atoms with Crippen LogP contribution in [-0.4, -0.2) is 50.8 Å². The van der Waals surface area contributed by atoms with Gasteiger partial charge in [0.05, 0.1) is 31.1 Å². The normalized spacial score (nSPS) is 16.2. The van der Waals surface area contributed by atoms with E-state index in [1.54, 1.807) is 11.8 Å². The number of aliphatic imine (C=N–C) groups is 1. The van der Waals surface area contributed by atoms with Crippen LogP contribution in [0.25, 0.3) is 0 Å². The van der Waals surface area contributed by atoms with Gasteiger partial charge in [-0.05, 0) is 18.4 Å². The van der Waals surface area contributed by atoms with E-state index >= 15 is 0 Å². The van der Waals surface area contributed by atoms with Crippen LogP contribution in [0.2, 0.25) is 0 Å². The molecule has 1 aromatic rings. The minimum Gasteiger partial charge on any atom is -0.378 e. The third-order valence-corrected chi connectivity index (χ3v) is 3.69. The number of hydrogen-bond acceptors (Lipinski definition) is 4. The van der Waals surface area contributed by atoms with Crippen molar-refractivity contribution in [3.63, 3.8) is 0 Å². The zero-order valence-electron chi connectivity index (χ0n) is 11.8. The molecule has 5 nitrogen and oxygen atoms in total. The van der Waals surface area contributed by atoms with Gasteiger partial charge in [0.2, 0.25) is 0 Å². The van der Waals surface area contributed by atoms with Gasteiger partial charge >= 0.3 is 0 Å². The molecule has 0 aromatic heterocycles. The number of ether oxygens (including phenoxy) is 1. The summed E-state index contributed by atoms with van der Waals surface area (Å²) >= 11 is 1.76. The van der Waals surface area contributed by atoms with Crippen molar-refractivity contribution >= 4 is 29.1 Å². The Balaban J connectivity index is 2.05. The van der Waals surface area contributed by atoms with Gasteiger partial charge in [0.1, 0.15) is 0 Å². The maximum atomic E-state index is 5.93. The molecule has 0 bridgehead atoms. The second-order valence-electron chi connectivity index (χ2n) is 4.50. The number of guanidine groups is 1. The first-order valence-corrected chi connectivity index (χ1v) is 8.18. The van der Waals surface area contributed by atoms with Crippen LogP contribution in [0.3, 0.4) is 0 Å². The number of nitrogens with one attached hydrogen (secondary N) is 1. The third-order valence-electron chi connectivity index (χ3n) is 3.10. The average Bonchev–Trinajstić information content (AvgIpc) is 2.49. The van der Waals surface area contributed by atoms with Crippen LogP contribution < -0.4 is 16.0 Å². The Hall–Kier alpha value is -1.40. The first-order valence-electron chi connectivity index (χ1n) is 6.79. The Morgan fingerprint density at radius 1 is 1.40 bits per heavy atom. The number of thioether (sulfide) groups is 1. The van der Waals surface area contributed by atoms with E-state index < -0.39 is 0 Å². The minimum absolute atomic E-state index is 0.472. The maximum absolute atomic E-state index is 5.93. The molecule has 1 heterocycles. The van der Waals surface area contributed by atoms with E-state index in [1.165, 1.54) is 0 Å². The maximum Gasteiger partial charge on any atom is 0.193 e. The first kappa shape index (κ1) is 15.0. The smallest absolute Gasteiger partial charge is 0.193 e. The summed E-state index contributed by atoms with van der Waals surface area (Å²) in [6, 6.07) is 8.17. The molecule has 0 spiro atoms. The quantitative estimate of drug-likeness (QED) is 0.491. The summed E-state index contributed by atoms with van der Waals surface area (Å²) in [5.74, 6) is 1.45. The van der Waals surface area contributed by atoms with Crippen LogP contribution in [0.1, 0.15) is 0 Å². The largest absolute Gasteiger partial charge is 0.378 e. The summed E-state index contributed by atoms with van der Waals surface area (Å²) in [4.78, 5) is 6.62. The second kappa shape index (κ2) is 8.01. The molecule has 3 N–H and O–H groups in total. The number of benzene rings is 1. The van der Waals surface area contributed by atoms with Crippen molar-refractivity contribution in [2.75, 3.05) is 55.1 Å². The fraction of sp³-hybridized carbons (Fsp3) is 0.500. The van der Waals surface area contributed by atoms with E-state index in [0.717, 1.165) is 50.0 Å². The highest BCUT2D eigenvalue weighted by molar-refractivity contribution is 7.98. The van der Waals surface area contributed by atoms with Crippen LogP contribution in [0.15, 0.2) is 29.3 Å². The fourth-order valence-electron chi connectivity index (χ4n) is 2.09. The van der Waals surface area contributed by atoms with Crippen molar-refractivity contribution < 1.29 is 4.74 Å². The van der Waals surface area contributed by atoms with Crippen molar-refractivity contribution in [1.82, 2.24) is 0 Å². The number of anilines is 2. The Labute approximate surface area is 124 Å². The lowest BCUT2D eigenvalue weighted by atomic mass is 10.2. The van der Waals surface area contributed by atoms with Gasteiger partial charge in [0.25, 0.3) is 0 Å². The van der Waals surface area contributed by atoms with Crippen LogP contribution >= 0.6 is 11.8 Å². The van der Waals surface area contributed by atoms with E-state index in [1.807, 2.05) is 18.2 Å². The van der Waals surface area contributed by atoms with Gasteiger partial charge in [-0.25, -0.2) is 0 Å². The van der Waals surface area contributed by atoms with Gasteiger partial charge < -0.3 is 20.7 Å². The minimum atomic E-state index is 0.472. The lowest BCUT2D eigenvalue weighted by Crippen LogP contribution is -2.37. The SMILES string of the molecule is CSCCN=C(N)Nc1ccccc1N1CCOCC1. The summed E-state index contributed by atoms with van der Waals surface area (Å²) in [5, 5.41) is 3.20. The standard InChI is InChI=1S/C14H22N4OS/c1-20-11-6-16-14(15)17-12-4-2-3-5-13(12)18-7-9-19-10-8-18/h2-5H,6-11H2,1H3,(H3,15,16,17). The summed E-state index contributed by atoms with van der Waals surface area (Å²) in [6.07, 6.45) is 2.06.